The highest BCUT2D eigenvalue weighted by atomic mass is 32.2. The number of nitrogen functional groups attached to an aromatic ring is 1. The first kappa shape index (κ1) is 14.4. The monoisotopic (exact) mass is 291 g/mol. The molecule has 3 N–H and O–H groups in total. The molecule has 0 fully saturated rings. The molecular weight excluding hydrogens is 274 g/mol. The highest BCUT2D eigenvalue weighted by Crippen LogP contribution is 2.17. The van der Waals surface area contributed by atoms with Crippen molar-refractivity contribution in [2.75, 3.05) is 16.8 Å². The number of thioether (sulfide) groups is 1. The number of nitrogens with one attached hydrogen (secondary N) is 1. The van der Waals surface area contributed by atoms with Crippen LogP contribution in [0.1, 0.15) is 19.9 Å². The van der Waals surface area contributed by atoms with Gasteiger partial charge in [0.1, 0.15) is 5.82 Å². The number of nitrogens with zero attached hydrogens (tertiary/aromatic N) is 3. The number of anilines is 2. The smallest absolute Gasteiger partial charge is 0.235 e. The van der Waals surface area contributed by atoms with Crippen molar-refractivity contribution in [1.29, 1.82) is 0 Å². The molecule has 0 bridgehead atoms. The van der Waals surface area contributed by atoms with Gasteiger partial charge in [-0.25, -0.2) is 9.67 Å². The van der Waals surface area contributed by atoms with Crippen LogP contribution in [0.2, 0.25) is 0 Å². The molecule has 106 valence electrons. The third-order valence-electron chi connectivity index (χ3n) is 2.54. The molecule has 0 radical (unpaired) electrons. The molecule has 0 aliphatic rings. The predicted octanol–water partition coefficient (Wildman–Crippen LogP) is 2.17. The lowest BCUT2D eigenvalue weighted by Crippen LogP contribution is -2.18. The van der Waals surface area contributed by atoms with E-state index in [1.165, 1.54) is 11.8 Å². The van der Waals surface area contributed by atoms with Gasteiger partial charge in [-0.2, -0.15) is 5.10 Å². The van der Waals surface area contributed by atoms with Crippen molar-refractivity contribution in [3.05, 3.63) is 30.6 Å². The van der Waals surface area contributed by atoms with E-state index in [4.69, 9.17) is 5.73 Å². The lowest BCUT2D eigenvalue weighted by molar-refractivity contribution is -0.113. The van der Waals surface area contributed by atoms with Crippen LogP contribution in [-0.4, -0.2) is 26.4 Å². The predicted molar refractivity (Wildman–Crippen MR) is 80.6 cm³/mol. The lowest BCUT2D eigenvalue weighted by atomic mass is 10.4. The van der Waals surface area contributed by atoms with Gasteiger partial charge in [0, 0.05) is 12.1 Å². The van der Waals surface area contributed by atoms with Gasteiger partial charge >= 0.3 is 0 Å². The summed E-state index contributed by atoms with van der Waals surface area (Å²) in [5, 5.41) is 7.78. The minimum absolute atomic E-state index is 0.0870. The molecule has 20 heavy (non-hydrogen) atoms. The number of rotatable bonds is 5. The summed E-state index contributed by atoms with van der Waals surface area (Å²) in [7, 11) is 0. The van der Waals surface area contributed by atoms with Gasteiger partial charge in [-0.1, -0.05) is 11.8 Å². The summed E-state index contributed by atoms with van der Waals surface area (Å²) in [5.74, 6) is 0.909. The van der Waals surface area contributed by atoms with E-state index in [2.05, 4.69) is 15.4 Å². The maximum Gasteiger partial charge on any atom is 0.235 e. The van der Waals surface area contributed by atoms with E-state index in [9.17, 15) is 4.79 Å². The van der Waals surface area contributed by atoms with Crippen LogP contribution in [0, 0.1) is 0 Å². The number of pyridine rings is 1. The molecule has 2 aromatic heterocycles. The molecule has 0 aromatic carbocycles. The molecule has 6 nitrogen and oxygen atoms in total. The summed E-state index contributed by atoms with van der Waals surface area (Å²) in [4.78, 5) is 16.0. The first-order chi connectivity index (χ1) is 9.56. The molecule has 0 aliphatic carbocycles. The summed E-state index contributed by atoms with van der Waals surface area (Å²) in [6.45, 7) is 4.02. The second-order valence-corrected chi connectivity index (χ2v) is 5.52. The third kappa shape index (κ3) is 3.74. The normalized spacial score (nSPS) is 10.8. The highest BCUT2D eigenvalue weighted by molar-refractivity contribution is 7.99. The van der Waals surface area contributed by atoms with Crippen LogP contribution < -0.4 is 11.1 Å². The van der Waals surface area contributed by atoms with Gasteiger partial charge in [-0.05, 0) is 26.0 Å². The van der Waals surface area contributed by atoms with E-state index >= 15 is 0 Å². The maximum atomic E-state index is 11.9. The number of carbonyl (C=O) groups excluding carboxylic acids is 1. The van der Waals surface area contributed by atoms with Crippen LogP contribution in [0.25, 0.3) is 0 Å². The van der Waals surface area contributed by atoms with Gasteiger partial charge in [-0.15, -0.1) is 0 Å². The van der Waals surface area contributed by atoms with Crippen LogP contribution in [-0.2, 0) is 4.79 Å². The largest absolute Gasteiger partial charge is 0.397 e. The van der Waals surface area contributed by atoms with Crippen molar-refractivity contribution in [3.63, 3.8) is 0 Å². The van der Waals surface area contributed by atoms with Crippen LogP contribution in [0.15, 0.2) is 35.6 Å². The topological polar surface area (TPSA) is 85.8 Å². The van der Waals surface area contributed by atoms with Crippen molar-refractivity contribution in [2.45, 2.75) is 24.9 Å². The van der Waals surface area contributed by atoms with Crippen molar-refractivity contribution in [1.82, 2.24) is 14.8 Å². The highest BCUT2D eigenvalue weighted by Gasteiger charge is 2.10. The zero-order valence-electron chi connectivity index (χ0n) is 11.4. The van der Waals surface area contributed by atoms with Gasteiger partial charge < -0.3 is 11.1 Å². The second-order valence-electron chi connectivity index (χ2n) is 4.52. The lowest BCUT2D eigenvalue weighted by Gasteiger charge is -2.11. The second kappa shape index (κ2) is 6.42. The van der Waals surface area contributed by atoms with Crippen molar-refractivity contribution in [2.24, 2.45) is 0 Å². The standard InChI is InChI=1S/C13H17N5OS/c1-9(2)18-11(5-6-16-18)17-12(19)8-20-13-4-3-10(14)7-15-13/h3-7,9H,8,14H2,1-2H3,(H,17,19). The van der Waals surface area contributed by atoms with Crippen LogP contribution in [0.3, 0.4) is 0 Å². The summed E-state index contributed by atoms with van der Waals surface area (Å²) < 4.78 is 1.77. The minimum Gasteiger partial charge on any atom is -0.397 e. The van der Waals surface area contributed by atoms with Crippen molar-refractivity contribution < 1.29 is 4.79 Å². The average molecular weight is 291 g/mol. The summed E-state index contributed by atoms with van der Waals surface area (Å²) in [6, 6.07) is 5.54. The van der Waals surface area contributed by atoms with Crippen LogP contribution in [0.5, 0.6) is 0 Å². The van der Waals surface area contributed by atoms with Gasteiger partial charge in [0.25, 0.3) is 0 Å². The molecule has 0 spiro atoms. The molecule has 7 heteroatoms. The van der Waals surface area contributed by atoms with Crippen molar-refractivity contribution in [3.8, 4) is 0 Å². The first-order valence-corrected chi connectivity index (χ1v) is 7.22. The van der Waals surface area contributed by atoms with Gasteiger partial charge in [0.15, 0.2) is 0 Å². The Morgan fingerprint density at radius 1 is 1.45 bits per heavy atom. The fourth-order valence-corrected chi connectivity index (χ4v) is 2.26. The van der Waals surface area contributed by atoms with Gasteiger partial charge in [-0.3, -0.25) is 4.79 Å². The number of hydrogen-bond acceptors (Lipinski definition) is 5. The molecule has 1 amide bonds. The Labute approximate surface area is 121 Å². The fourth-order valence-electron chi connectivity index (χ4n) is 1.62. The van der Waals surface area contributed by atoms with E-state index in [1.807, 2.05) is 13.8 Å². The average Bonchev–Trinajstić information content (AvgIpc) is 2.86. The Bertz CT molecular complexity index is 579. The van der Waals surface area contributed by atoms with E-state index in [0.717, 1.165) is 5.03 Å². The molecule has 0 atom stereocenters. The maximum absolute atomic E-state index is 11.9. The Hall–Kier alpha value is -2.02. The number of hydrogen-bond donors (Lipinski definition) is 2. The summed E-state index contributed by atoms with van der Waals surface area (Å²) in [6.07, 6.45) is 3.25. The van der Waals surface area contributed by atoms with Crippen molar-refractivity contribution >= 4 is 29.2 Å². The Balaban J connectivity index is 1.89. The zero-order chi connectivity index (χ0) is 14.5. The van der Waals surface area contributed by atoms with Gasteiger partial charge in [0.05, 0.1) is 28.9 Å². The number of aromatic nitrogens is 3. The number of nitrogens with two attached hydrogens (primary N) is 1. The fraction of sp³-hybridized carbons (Fsp3) is 0.308. The molecule has 0 saturated carbocycles. The quantitative estimate of drug-likeness (QED) is 0.825. The van der Waals surface area contributed by atoms with E-state index in [0.29, 0.717) is 17.3 Å². The summed E-state index contributed by atoms with van der Waals surface area (Å²) in [5.41, 5.74) is 6.17. The molecule has 2 heterocycles. The zero-order valence-corrected chi connectivity index (χ0v) is 12.2. The Kier molecular flexibility index (Phi) is 4.62. The summed E-state index contributed by atoms with van der Waals surface area (Å²) >= 11 is 1.36. The Morgan fingerprint density at radius 3 is 2.90 bits per heavy atom. The molecule has 2 rings (SSSR count). The molecular formula is C13H17N5OS. The number of amides is 1. The SMILES string of the molecule is CC(C)n1nccc1NC(=O)CSc1ccc(N)cn1. The molecule has 0 aliphatic heterocycles. The molecule has 0 unspecified atom stereocenters. The van der Waals surface area contributed by atoms with E-state index in [1.54, 1.807) is 35.3 Å². The first-order valence-electron chi connectivity index (χ1n) is 6.24. The number of carbonyl (C=O) groups is 1. The van der Waals surface area contributed by atoms with Crippen LogP contribution in [0.4, 0.5) is 11.5 Å². The van der Waals surface area contributed by atoms with Crippen LogP contribution >= 0.6 is 11.8 Å². The molecule has 0 saturated heterocycles. The minimum atomic E-state index is -0.0870. The third-order valence-corrected chi connectivity index (χ3v) is 3.48. The molecule has 2 aromatic rings. The Morgan fingerprint density at radius 2 is 2.25 bits per heavy atom. The van der Waals surface area contributed by atoms with E-state index < -0.39 is 0 Å². The van der Waals surface area contributed by atoms with Gasteiger partial charge in [0.2, 0.25) is 5.91 Å². The van der Waals surface area contributed by atoms with E-state index in [-0.39, 0.29) is 11.9 Å².